The summed E-state index contributed by atoms with van der Waals surface area (Å²) in [6.07, 6.45) is -4.00. The molecule has 2 heterocycles. The first-order valence-electron chi connectivity index (χ1n) is 6.78. The third-order valence-corrected chi connectivity index (χ3v) is 3.30. The molecule has 0 radical (unpaired) electrons. The van der Waals surface area contributed by atoms with Crippen molar-refractivity contribution in [1.82, 2.24) is 9.97 Å². The molecule has 0 atom stereocenters. The maximum atomic E-state index is 12.5. The molecule has 0 aliphatic rings. The van der Waals surface area contributed by atoms with Gasteiger partial charge in [-0.2, -0.15) is 18.2 Å². The molecule has 2 aromatic heterocycles. The molecule has 3 aromatic rings. The molecule has 0 aliphatic heterocycles. The van der Waals surface area contributed by atoms with Crippen molar-refractivity contribution in [1.29, 1.82) is 0 Å². The van der Waals surface area contributed by atoms with Crippen LogP contribution >= 0.6 is 0 Å². The van der Waals surface area contributed by atoms with Crippen molar-refractivity contribution in [2.75, 3.05) is 5.06 Å². The fourth-order valence-electron chi connectivity index (χ4n) is 2.08. The van der Waals surface area contributed by atoms with E-state index in [-0.39, 0.29) is 16.6 Å². The van der Waals surface area contributed by atoms with E-state index in [1.165, 1.54) is 6.07 Å². The van der Waals surface area contributed by atoms with E-state index in [4.69, 9.17) is 0 Å². The number of nitrogens with zero attached hydrogens (tertiary/aromatic N) is 3. The van der Waals surface area contributed by atoms with E-state index in [1.807, 2.05) is 12.1 Å². The molecule has 0 unspecified atom stereocenters. The molecule has 5 nitrogen and oxygen atoms in total. The molecule has 0 saturated carbocycles. The molecular formula is C16H10F3N3O2. The van der Waals surface area contributed by atoms with Crippen LogP contribution in [0.2, 0.25) is 0 Å². The summed E-state index contributed by atoms with van der Waals surface area (Å²) in [4.78, 5) is 19.8. The Kier molecular flexibility index (Phi) is 3.90. The van der Waals surface area contributed by atoms with E-state index >= 15 is 0 Å². The Bertz CT molecular complexity index is 895. The van der Waals surface area contributed by atoms with E-state index in [1.54, 1.807) is 18.2 Å². The van der Waals surface area contributed by atoms with E-state index in [0.717, 1.165) is 17.5 Å². The van der Waals surface area contributed by atoms with Crippen molar-refractivity contribution in [2.24, 2.45) is 0 Å². The van der Waals surface area contributed by atoms with Crippen LogP contribution in [0.4, 0.5) is 19.0 Å². The average molecular weight is 333 g/mol. The maximum Gasteiger partial charge on any atom is 0.417 e. The fourth-order valence-corrected chi connectivity index (χ4v) is 2.08. The number of carbonyl (C=O) groups excluding carboxylic acids is 1. The van der Waals surface area contributed by atoms with Gasteiger partial charge in [-0.05, 0) is 24.3 Å². The van der Waals surface area contributed by atoms with Gasteiger partial charge >= 0.3 is 12.1 Å². The zero-order chi connectivity index (χ0) is 17.3. The number of aromatic nitrogens is 2. The van der Waals surface area contributed by atoms with E-state index in [0.29, 0.717) is 11.7 Å². The van der Waals surface area contributed by atoms with Crippen LogP contribution in [0.25, 0.3) is 10.9 Å². The van der Waals surface area contributed by atoms with Crippen LogP contribution in [-0.2, 0) is 6.18 Å². The van der Waals surface area contributed by atoms with Gasteiger partial charge in [0.2, 0.25) is 0 Å². The smallest absolute Gasteiger partial charge is 0.279 e. The molecule has 0 fully saturated rings. The standard InChI is InChI=1S/C16H10F3N3O2/c17-16(18,19)11-6-8-14(20-9-11)22(24)15(23)13-7-5-10-3-1-2-4-12(10)21-13/h1-9,24H. The predicted molar refractivity (Wildman–Crippen MR) is 79.6 cm³/mol. The number of hydrogen-bond donors (Lipinski definition) is 1. The molecule has 0 bridgehead atoms. The third kappa shape index (κ3) is 3.04. The number of carbonyl (C=O) groups is 1. The monoisotopic (exact) mass is 333 g/mol. The Hall–Kier alpha value is -3.00. The summed E-state index contributed by atoms with van der Waals surface area (Å²) in [7, 11) is 0. The third-order valence-electron chi connectivity index (χ3n) is 3.30. The first-order valence-corrected chi connectivity index (χ1v) is 6.78. The summed E-state index contributed by atoms with van der Waals surface area (Å²) in [5, 5.41) is 10.9. The lowest BCUT2D eigenvalue weighted by Gasteiger charge is -2.14. The topological polar surface area (TPSA) is 66.3 Å². The highest BCUT2D eigenvalue weighted by atomic mass is 19.4. The number of amides is 1. The molecule has 1 N–H and O–H groups in total. The lowest BCUT2D eigenvalue weighted by Crippen LogP contribution is -2.28. The first kappa shape index (κ1) is 15.9. The Balaban J connectivity index is 1.88. The minimum Gasteiger partial charge on any atom is -0.279 e. The summed E-state index contributed by atoms with van der Waals surface area (Å²) in [5.41, 5.74) is -0.481. The molecule has 24 heavy (non-hydrogen) atoms. The van der Waals surface area contributed by atoms with Crippen molar-refractivity contribution in [2.45, 2.75) is 6.18 Å². The number of anilines is 1. The Morgan fingerprint density at radius 3 is 2.46 bits per heavy atom. The minimum absolute atomic E-state index is 0.0575. The quantitative estimate of drug-likeness (QED) is 0.574. The van der Waals surface area contributed by atoms with Crippen molar-refractivity contribution in [3.05, 3.63) is 66.0 Å². The highest BCUT2D eigenvalue weighted by molar-refractivity contribution is 6.03. The van der Waals surface area contributed by atoms with Crippen LogP contribution in [0.15, 0.2) is 54.7 Å². The molecule has 0 aliphatic carbocycles. The van der Waals surface area contributed by atoms with Crippen LogP contribution in [0.1, 0.15) is 16.1 Å². The van der Waals surface area contributed by atoms with Crippen LogP contribution in [0, 0.1) is 0 Å². The molecule has 122 valence electrons. The summed E-state index contributed by atoms with van der Waals surface area (Å²) >= 11 is 0. The number of alkyl halides is 3. The minimum atomic E-state index is -4.55. The number of hydroxylamine groups is 1. The molecular weight excluding hydrogens is 323 g/mol. The van der Waals surface area contributed by atoms with Crippen LogP contribution < -0.4 is 5.06 Å². The van der Waals surface area contributed by atoms with Gasteiger partial charge in [0.25, 0.3) is 0 Å². The molecule has 0 spiro atoms. The van der Waals surface area contributed by atoms with Gasteiger partial charge in [-0.15, -0.1) is 0 Å². The summed E-state index contributed by atoms with van der Waals surface area (Å²) in [5.74, 6) is -1.23. The number of fused-ring (bicyclic) bond motifs is 1. The normalized spacial score (nSPS) is 11.5. The zero-order valence-electron chi connectivity index (χ0n) is 12.0. The Labute approximate surface area is 134 Å². The SMILES string of the molecule is O=C(c1ccc2ccccc2n1)N(O)c1ccc(C(F)(F)F)cn1. The summed E-state index contributed by atoms with van der Waals surface area (Å²) in [6, 6.07) is 11.8. The maximum absolute atomic E-state index is 12.5. The zero-order valence-corrected chi connectivity index (χ0v) is 12.0. The highest BCUT2D eigenvalue weighted by Gasteiger charge is 2.31. The van der Waals surface area contributed by atoms with Crippen molar-refractivity contribution in [3.63, 3.8) is 0 Å². The van der Waals surface area contributed by atoms with E-state index in [2.05, 4.69) is 9.97 Å². The lowest BCUT2D eigenvalue weighted by molar-refractivity contribution is -0.137. The number of para-hydroxylation sites is 1. The predicted octanol–water partition coefficient (Wildman–Crippen LogP) is 3.68. The van der Waals surface area contributed by atoms with Crippen molar-refractivity contribution in [3.8, 4) is 0 Å². The van der Waals surface area contributed by atoms with E-state index in [9.17, 15) is 23.2 Å². The van der Waals surface area contributed by atoms with Gasteiger partial charge in [-0.3, -0.25) is 10.0 Å². The van der Waals surface area contributed by atoms with Gasteiger partial charge in [0, 0.05) is 11.6 Å². The largest absolute Gasteiger partial charge is 0.417 e. The Morgan fingerprint density at radius 1 is 1.04 bits per heavy atom. The van der Waals surface area contributed by atoms with Gasteiger partial charge in [-0.1, -0.05) is 24.3 Å². The average Bonchev–Trinajstić information content (AvgIpc) is 2.59. The molecule has 8 heteroatoms. The number of rotatable bonds is 2. The number of pyridine rings is 2. The molecule has 1 aromatic carbocycles. The summed E-state index contributed by atoms with van der Waals surface area (Å²) in [6.45, 7) is 0. The van der Waals surface area contributed by atoms with Crippen LogP contribution in [-0.4, -0.2) is 21.1 Å². The van der Waals surface area contributed by atoms with Gasteiger partial charge in [0.1, 0.15) is 5.69 Å². The van der Waals surface area contributed by atoms with Gasteiger partial charge in [-0.25, -0.2) is 9.97 Å². The molecule has 0 saturated heterocycles. The number of benzene rings is 1. The van der Waals surface area contributed by atoms with E-state index < -0.39 is 17.6 Å². The van der Waals surface area contributed by atoms with Crippen LogP contribution in [0.5, 0.6) is 0 Å². The lowest BCUT2D eigenvalue weighted by atomic mass is 10.2. The number of halogens is 3. The first-order chi connectivity index (χ1) is 11.4. The number of hydrogen-bond acceptors (Lipinski definition) is 4. The van der Waals surface area contributed by atoms with Crippen LogP contribution in [0.3, 0.4) is 0 Å². The van der Waals surface area contributed by atoms with Crippen molar-refractivity contribution >= 4 is 22.6 Å². The van der Waals surface area contributed by atoms with Gasteiger partial charge in [0.05, 0.1) is 11.1 Å². The second-order valence-corrected chi connectivity index (χ2v) is 4.91. The van der Waals surface area contributed by atoms with Gasteiger partial charge < -0.3 is 0 Å². The second kappa shape index (κ2) is 5.89. The fraction of sp³-hybridized carbons (Fsp3) is 0.0625. The van der Waals surface area contributed by atoms with Gasteiger partial charge in [0.15, 0.2) is 5.82 Å². The Morgan fingerprint density at radius 2 is 1.79 bits per heavy atom. The highest BCUT2D eigenvalue weighted by Crippen LogP contribution is 2.29. The molecule has 3 rings (SSSR count). The summed E-state index contributed by atoms with van der Waals surface area (Å²) < 4.78 is 37.5. The second-order valence-electron chi connectivity index (χ2n) is 4.91. The molecule has 1 amide bonds. The van der Waals surface area contributed by atoms with Crippen molar-refractivity contribution < 1.29 is 23.2 Å².